The summed E-state index contributed by atoms with van der Waals surface area (Å²) in [5.74, 6) is -0.793. The largest absolute Gasteiger partial charge is 0.465 e. The number of likely N-dealkylation sites (tertiary alicyclic amines) is 1. The van der Waals surface area contributed by atoms with Gasteiger partial charge in [-0.15, -0.1) is 0 Å². The number of carbonyl (C=O) groups excluding carboxylic acids is 3. The predicted octanol–water partition coefficient (Wildman–Crippen LogP) is 0.287. The maximum Gasteiger partial charge on any atom is 0.413 e. The van der Waals surface area contributed by atoms with Crippen molar-refractivity contribution >= 4 is 18.0 Å². The van der Waals surface area contributed by atoms with E-state index in [9.17, 15) is 14.4 Å². The number of alkyl carbamates (subject to hydrolysis) is 1. The van der Waals surface area contributed by atoms with Crippen LogP contribution in [0.1, 0.15) is 26.7 Å². The smallest absolute Gasteiger partial charge is 0.413 e. The zero-order chi connectivity index (χ0) is 14.3. The highest BCUT2D eigenvalue weighted by molar-refractivity contribution is 5.93. The van der Waals surface area contributed by atoms with Crippen LogP contribution in [0.4, 0.5) is 4.79 Å². The third kappa shape index (κ3) is 4.86. The second-order valence-electron chi connectivity index (χ2n) is 4.15. The topological polar surface area (TPSA) is 84.9 Å². The Bertz CT molecular complexity index is 345. The van der Waals surface area contributed by atoms with Crippen molar-refractivity contribution in [2.75, 3.05) is 26.3 Å². The monoisotopic (exact) mass is 272 g/mol. The van der Waals surface area contributed by atoms with Gasteiger partial charge in [-0.1, -0.05) is 0 Å². The fourth-order valence-corrected chi connectivity index (χ4v) is 2.03. The van der Waals surface area contributed by atoms with Crippen LogP contribution in [-0.2, 0) is 19.1 Å². The maximum absolute atomic E-state index is 11.7. The number of imide groups is 1. The molecule has 2 amide bonds. The second-order valence-corrected chi connectivity index (χ2v) is 4.15. The third-order valence-corrected chi connectivity index (χ3v) is 2.79. The summed E-state index contributed by atoms with van der Waals surface area (Å²) in [6.07, 6.45) is 0.737. The van der Waals surface area contributed by atoms with E-state index in [-0.39, 0.29) is 19.1 Å². The van der Waals surface area contributed by atoms with Crippen molar-refractivity contribution in [1.29, 1.82) is 0 Å². The predicted molar refractivity (Wildman–Crippen MR) is 66.4 cm³/mol. The molecule has 1 N–H and O–H groups in total. The summed E-state index contributed by atoms with van der Waals surface area (Å²) < 4.78 is 9.56. The summed E-state index contributed by atoms with van der Waals surface area (Å²) in [6.45, 7) is 4.54. The van der Waals surface area contributed by atoms with Crippen LogP contribution in [0, 0.1) is 0 Å². The van der Waals surface area contributed by atoms with E-state index in [1.54, 1.807) is 18.7 Å². The highest BCUT2D eigenvalue weighted by Gasteiger charge is 2.33. The van der Waals surface area contributed by atoms with Gasteiger partial charge < -0.3 is 9.47 Å². The minimum atomic E-state index is -0.764. The Morgan fingerprint density at radius 1 is 1.21 bits per heavy atom. The highest BCUT2D eigenvalue weighted by atomic mass is 16.5. The summed E-state index contributed by atoms with van der Waals surface area (Å²) in [6, 6.07) is -0.395. The third-order valence-electron chi connectivity index (χ3n) is 2.79. The molecule has 1 atom stereocenters. The van der Waals surface area contributed by atoms with Crippen molar-refractivity contribution < 1.29 is 23.9 Å². The summed E-state index contributed by atoms with van der Waals surface area (Å²) in [4.78, 5) is 36.1. The molecule has 19 heavy (non-hydrogen) atoms. The molecule has 0 aromatic rings. The van der Waals surface area contributed by atoms with Gasteiger partial charge in [0.2, 0.25) is 5.91 Å². The Balaban J connectivity index is 2.44. The van der Waals surface area contributed by atoms with Gasteiger partial charge in [0, 0.05) is 0 Å². The normalized spacial score (nSPS) is 18.9. The quantitative estimate of drug-likeness (QED) is 0.724. The molecule has 7 heteroatoms. The van der Waals surface area contributed by atoms with Crippen molar-refractivity contribution in [2.45, 2.75) is 32.7 Å². The van der Waals surface area contributed by atoms with Crippen molar-refractivity contribution in [1.82, 2.24) is 10.2 Å². The number of nitrogens with one attached hydrogen (secondary N) is 1. The van der Waals surface area contributed by atoms with Crippen LogP contribution in [-0.4, -0.2) is 55.2 Å². The maximum atomic E-state index is 11.7. The number of ether oxygens (including phenoxy) is 2. The van der Waals surface area contributed by atoms with E-state index >= 15 is 0 Å². The first-order chi connectivity index (χ1) is 9.08. The number of amides is 2. The zero-order valence-electron chi connectivity index (χ0n) is 11.3. The van der Waals surface area contributed by atoms with Gasteiger partial charge in [0.25, 0.3) is 0 Å². The standard InChI is InChI=1S/C12H20N2O5/c1-3-18-11(16)9-6-5-7-14(9)8-10(15)13-12(17)19-4-2/h9H,3-8H2,1-2H3,(H,13,15,17). The molecule has 0 aromatic heterocycles. The minimum Gasteiger partial charge on any atom is -0.465 e. The molecule has 1 rings (SSSR count). The highest BCUT2D eigenvalue weighted by Crippen LogP contribution is 2.17. The Labute approximate surface area is 112 Å². The van der Waals surface area contributed by atoms with Crippen molar-refractivity contribution in [3.63, 3.8) is 0 Å². The first-order valence-corrected chi connectivity index (χ1v) is 6.45. The molecule has 0 radical (unpaired) electrons. The lowest BCUT2D eigenvalue weighted by Crippen LogP contribution is -2.45. The Morgan fingerprint density at radius 2 is 1.89 bits per heavy atom. The van der Waals surface area contributed by atoms with Crippen molar-refractivity contribution in [3.05, 3.63) is 0 Å². The van der Waals surface area contributed by atoms with E-state index in [2.05, 4.69) is 10.1 Å². The number of hydrogen-bond donors (Lipinski definition) is 1. The van der Waals surface area contributed by atoms with Crippen LogP contribution < -0.4 is 5.32 Å². The molecule has 7 nitrogen and oxygen atoms in total. The Morgan fingerprint density at radius 3 is 2.53 bits per heavy atom. The van der Waals surface area contributed by atoms with Crippen LogP contribution in [0.25, 0.3) is 0 Å². The van der Waals surface area contributed by atoms with Gasteiger partial charge in [-0.25, -0.2) is 4.79 Å². The lowest BCUT2D eigenvalue weighted by molar-refractivity contribution is -0.148. The molecule has 0 saturated carbocycles. The molecule has 0 aromatic carbocycles. The summed E-state index contributed by atoms with van der Waals surface area (Å²) >= 11 is 0. The van der Waals surface area contributed by atoms with Crippen molar-refractivity contribution in [2.24, 2.45) is 0 Å². The van der Waals surface area contributed by atoms with Crippen LogP contribution >= 0.6 is 0 Å². The molecule has 1 fully saturated rings. The van der Waals surface area contributed by atoms with Crippen LogP contribution in [0.5, 0.6) is 0 Å². The molecule has 1 heterocycles. The van der Waals surface area contributed by atoms with Gasteiger partial charge in [-0.2, -0.15) is 0 Å². The van der Waals surface area contributed by atoms with Crippen LogP contribution in [0.15, 0.2) is 0 Å². The molecule has 108 valence electrons. The molecular formula is C12H20N2O5. The summed E-state index contributed by atoms with van der Waals surface area (Å²) in [5, 5.41) is 2.11. The van der Waals surface area contributed by atoms with Gasteiger partial charge in [0.05, 0.1) is 19.8 Å². The summed E-state index contributed by atoms with van der Waals surface area (Å²) in [5.41, 5.74) is 0. The van der Waals surface area contributed by atoms with E-state index in [0.29, 0.717) is 19.6 Å². The number of rotatable bonds is 5. The van der Waals surface area contributed by atoms with Crippen LogP contribution in [0.3, 0.4) is 0 Å². The molecular weight excluding hydrogens is 252 g/mol. The average molecular weight is 272 g/mol. The first-order valence-electron chi connectivity index (χ1n) is 6.45. The number of esters is 1. The van der Waals surface area contributed by atoms with Gasteiger partial charge in [-0.05, 0) is 33.2 Å². The number of nitrogens with zero attached hydrogens (tertiary/aromatic N) is 1. The zero-order valence-corrected chi connectivity index (χ0v) is 11.3. The SMILES string of the molecule is CCOC(=O)NC(=O)CN1CCCC1C(=O)OCC. The number of hydrogen-bond acceptors (Lipinski definition) is 6. The average Bonchev–Trinajstić information content (AvgIpc) is 2.77. The summed E-state index contributed by atoms with van der Waals surface area (Å²) in [7, 11) is 0. The van der Waals surface area contributed by atoms with Gasteiger partial charge in [-0.3, -0.25) is 19.8 Å². The molecule has 0 bridgehead atoms. The van der Waals surface area contributed by atoms with Crippen LogP contribution in [0.2, 0.25) is 0 Å². The minimum absolute atomic E-state index is 0.0116. The van der Waals surface area contributed by atoms with E-state index in [4.69, 9.17) is 4.74 Å². The first kappa shape index (κ1) is 15.4. The molecule has 1 aliphatic heterocycles. The second kappa shape index (κ2) is 7.73. The van der Waals surface area contributed by atoms with E-state index < -0.39 is 18.0 Å². The van der Waals surface area contributed by atoms with Crippen molar-refractivity contribution in [3.8, 4) is 0 Å². The van der Waals surface area contributed by atoms with E-state index in [1.807, 2.05) is 0 Å². The number of carbonyl (C=O) groups is 3. The lowest BCUT2D eigenvalue weighted by atomic mass is 10.2. The van der Waals surface area contributed by atoms with Gasteiger partial charge in [0.15, 0.2) is 0 Å². The molecule has 1 unspecified atom stereocenters. The van der Waals surface area contributed by atoms with Gasteiger partial charge in [0.1, 0.15) is 6.04 Å². The Hall–Kier alpha value is -1.63. The molecule has 0 aliphatic carbocycles. The van der Waals surface area contributed by atoms with E-state index in [0.717, 1.165) is 6.42 Å². The Kier molecular flexibility index (Phi) is 6.27. The fourth-order valence-electron chi connectivity index (χ4n) is 2.03. The van der Waals surface area contributed by atoms with E-state index in [1.165, 1.54) is 0 Å². The lowest BCUT2D eigenvalue weighted by Gasteiger charge is -2.21. The molecule has 0 spiro atoms. The molecule has 1 aliphatic rings. The fraction of sp³-hybridized carbons (Fsp3) is 0.750. The molecule has 1 saturated heterocycles. The van der Waals surface area contributed by atoms with Gasteiger partial charge >= 0.3 is 12.1 Å².